The summed E-state index contributed by atoms with van der Waals surface area (Å²) >= 11 is 0. The number of rotatable bonds is 6. The van der Waals surface area contributed by atoms with Crippen LogP contribution in [0.4, 0.5) is 0 Å². The maximum atomic E-state index is 12.6. The van der Waals surface area contributed by atoms with E-state index in [0.717, 1.165) is 37.6 Å². The highest BCUT2D eigenvalue weighted by Gasteiger charge is 2.32. The van der Waals surface area contributed by atoms with Gasteiger partial charge >= 0.3 is 0 Å². The molecule has 0 spiro atoms. The Morgan fingerprint density at radius 1 is 1.26 bits per heavy atom. The first-order chi connectivity index (χ1) is 12.9. The predicted octanol–water partition coefficient (Wildman–Crippen LogP) is 1.81. The van der Waals surface area contributed by atoms with Gasteiger partial charge < -0.3 is 9.64 Å². The number of ether oxygens (including phenoxy) is 1. The summed E-state index contributed by atoms with van der Waals surface area (Å²) in [6.45, 7) is 10.3. The summed E-state index contributed by atoms with van der Waals surface area (Å²) in [7, 11) is 1.82. The van der Waals surface area contributed by atoms with Crippen LogP contribution in [0.1, 0.15) is 30.7 Å². The SMILES string of the molecule is Cc1ccccc1CN(C)C(=O)Cn1cc(C(C)(C)N2CCOCC2)nn1. The summed E-state index contributed by atoms with van der Waals surface area (Å²) in [5.41, 5.74) is 2.98. The standard InChI is InChI=1S/C20H29N5O2/c1-16-7-5-6-8-17(16)13-23(4)19(26)15-25-14-18(21-22-25)20(2,3)24-9-11-27-12-10-24/h5-8,14H,9-13,15H2,1-4H3. The van der Waals surface area contributed by atoms with Crippen molar-refractivity contribution in [1.82, 2.24) is 24.8 Å². The Hall–Kier alpha value is -2.25. The maximum Gasteiger partial charge on any atom is 0.244 e. The highest BCUT2D eigenvalue weighted by molar-refractivity contribution is 5.75. The molecule has 1 aliphatic heterocycles. The third-order valence-electron chi connectivity index (χ3n) is 5.36. The molecule has 2 aromatic rings. The van der Waals surface area contributed by atoms with Crippen molar-refractivity contribution in [2.24, 2.45) is 0 Å². The molecule has 0 bridgehead atoms. The number of aryl methyl sites for hydroxylation is 1. The normalized spacial score (nSPS) is 15.7. The molecule has 1 amide bonds. The van der Waals surface area contributed by atoms with E-state index in [2.05, 4.69) is 48.1 Å². The molecular formula is C20H29N5O2. The van der Waals surface area contributed by atoms with Crippen molar-refractivity contribution in [3.63, 3.8) is 0 Å². The maximum absolute atomic E-state index is 12.6. The van der Waals surface area contributed by atoms with E-state index in [1.54, 1.807) is 9.58 Å². The quantitative estimate of drug-likeness (QED) is 0.775. The third kappa shape index (κ3) is 4.54. The van der Waals surface area contributed by atoms with Crippen LogP contribution in [-0.2, 0) is 28.2 Å². The average Bonchev–Trinajstić information content (AvgIpc) is 3.13. The Kier molecular flexibility index (Phi) is 5.92. The molecule has 1 saturated heterocycles. The predicted molar refractivity (Wildman–Crippen MR) is 103 cm³/mol. The molecule has 0 unspecified atom stereocenters. The molecule has 146 valence electrons. The molecule has 0 radical (unpaired) electrons. The second kappa shape index (κ2) is 8.19. The Morgan fingerprint density at radius 3 is 2.67 bits per heavy atom. The first-order valence-electron chi connectivity index (χ1n) is 9.40. The van der Waals surface area contributed by atoms with E-state index in [-0.39, 0.29) is 18.0 Å². The van der Waals surface area contributed by atoms with Gasteiger partial charge in [0, 0.05) is 26.7 Å². The van der Waals surface area contributed by atoms with E-state index in [4.69, 9.17) is 4.74 Å². The summed E-state index contributed by atoms with van der Waals surface area (Å²) < 4.78 is 7.07. The molecule has 1 aromatic carbocycles. The highest BCUT2D eigenvalue weighted by atomic mass is 16.5. The second-order valence-corrected chi connectivity index (χ2v) is 7.64. The van der Waals surface area contributed by atoms with E-state index in [0.29, 0.717) is 6.54 Å². The Bertz CT molecular complexity index is 780. The zero-order valence-electron chi connectivity index (χ0n) is 16.7. The number of benzene rings is 1. The van der Waals surface area contributed by atoms with E-state index in [9.17, 15) is 4.79 Å². The molecule has 7 heteroatoms. The number of carbonyl (C=O) groups is 1. The van der Waals surface area contributed by atoms with Crippen molar-refractivity contribution >= 4 is 5.91 Å². The molecule has 0 N–H and O–H groups in total. The zero-order valence-corrected chi connectivity index (χ0v) is 16.7. The number of hydrogen-bond donors (Lipinski definition) is 0. The molecule has 0 saturated carbocycles. The third-order valence-corrected chi connectivity index (χ3v) is 5.36. The van der Waals surface area contributed by atoms with Crippen LogP contribution < -0.4 is 0 Å². The first kappa shape index (κ1) is 19.5. The smallest absolute Gasteiger partial charge is 0.244 e. The number of hydrogen-bond acceptors (Lipinski definition) is 5. The summed E-state index contributed by atoms with van der Waals surface area (Å²) in [5, 5.41) is 8.52. The first-order valence-corrected chi connectivity index (χ1v) is 9.40. The molecule has 7 nitrogen and oxygen atoms in total. The lowest BCUT2D eigenvalue weighted by Gasteiger charge is -2.39. The van der Waals surface area contributed by atoms with Crippen LogP contribution in [0.3, 0.4) is 0 Å². The van der Waals surface area contributed by atoms with Gasteiger partial charge in [0.25, 0.3) is 0 Å². The van der Waals surface area contributed by atoms with E-state index in [1.807, 2.05) is 25.4 Å². The molecule has 1 aliphatic rings. The molecule has 0 aliphatic carbocycles. The van der Waals surface area contributed by atoms with Crippen LogP contribution in [0.15, 0.2) is 30.5 Å². The number of amides is 1. The van der Waals surface area contributed by atoms with Gasteiger partial charge in [-0.1, -0.05) is 29.5 Å². The molecule has 27 heavy (non-hydrogen) atoms. The Morgan fingerprint density at radius 2 is 1.96 bits per heavy atom. The Balaban J connectivity index is 1.62. The van der Waals surface area contributed by atoms with Gasteiger partial charge in [-0.05, 0) is 31.9 Å². The van der Waals surface area contributed by atoms with Crippen LogP contribution in [0.5, 0.6) is 0 Å². The molecule has 3 rings (SSSR count). The molecule has 2 heterocycles. The number of likely N-dealkylation sites (N-methyl/N-ethyl adjacent to an activating group) is 1. The van der Waals surface area contributed by atoms with Gasteiger partial charge in [0.15, 0.2) is 0 Å². The fourth-order valence-electron chi connectivity index (χ4n) is 3.33. The van der Waals surface area contributed by atoms with Gasteiger partial charge in [-0.25, -0.2) is 4.68 Å². The van der Waals surface area contributed by atoms with Gasteiger partial charge in [-0.2, -0.15) is 0 Å². The van der Waals surface area contributed by atoms with Crippen molar-refractivity contribution < 1.29 is 9.53 Å². The summed E-state index contributed by atoms with van der Waals surface area (Å²) in [6.07, 6.45) is 1.88. The van der Waals surface area contributed by atoms with E-state index in [1.165, 1.54) is 5.56 Å². The lowest BCUT2D eigenvalue weighted by molar-refractivity contribution is -0.131. The molecule has 1 fully saturated rings. The Labute approximate surface area is 160 Å². The van der Waals surface area contributed by atoms with Crippen LogP contribution in [-0.4, -0.2) is 64.1 Å². The zero-order chi connectivity index (χ0) is 19.4. The average molecular weight is 371 g/mol. The second-order valence-electron chi connectivity index (χ2n) is 7.64. The topological polar surface area (TPSA) is 63.5 Å². The highest BCUT2D eigenvalue weighted by Crippen LogP contribution is 2.26. The number of carbonyl (C=O) groups excluding carboxylic acids is 1. The fourth-order valence-corrected chi connectivity index (χ4v) is 3.33. The van der Waals surface area contributed by atoms with Crippen molar-refractivity contribution in [3.05, 3.63) is 47.3 Å². The van der Waals surface area contributed by atoms with Crippen molar-refractivity contribution in [2.45, 2.75) is 39.4 Å². The lowest BCUT2D eigenvalue weighted by Crippen LogP contribution is -2.48. The van der Waals surface area contributed by atoms with E-state index < -0.39 is 0 Å². The molecule has 1 aromatic heterocycles. The minimum absolute atomic E-state index is 0.0129. The van der Waals surface area contributed by atoms with Gasteiger partial charge in [-0.15, -0.1) is 5.10 Å². The van der Waals surface area contributed by atoms with Gasteiger partial charge in [0.1, 0.15) is 12.2 Å². The van der Waals surface area contributed by atoms with Crippen LogP contribution in [0.25, 0.3) is 0 Å². The fraction of sp³-hybridized carbons (Fsp3) is 0.550. The summed E-state index contributed by atoms with van der Waals surface area (Å²) in [4.78, 5) is 16.7. The number of aromatic nitrogens is 3. The van der Waals surface area contributed by atoms with Crippen LogP contribution in [0.2, 0.25) is 0 Å². The van der Waals surface area contributed by atoms with Crippen LogP contribution >= 0.6 is 0 Å². The summed E-state index contributed by atoms with van der Waals surface area (Å²) in [6, 6.07) is 8.12. The number of nitrogens with zero attached hydrogens (tertiary/aromatic N) is 5. The molecular weight excluding hydrogens is 342 g/mol. The van der Waals surface area contributed by atoms with Crippen molar-refractivity contribution in [3.8, 4) is 0 Å². The summed E-state index contributed by atoms with van der Waals surface area (Å²) in [5.74, 6) is 0.0129. The minimum atomic E-state index is -0.238. The molecule has 0 atom stereocenters. The number of morpholine rings is 1. The van der Waals surface area contributed by atoms with Gasteiger partial charge in [-0.3, -0.25) is 9.69 Å². The van der Waals surface area contributed by atoms with Gasteiger partial charge in [0.05, 0.1) is 24.9 Å². The lowest BCUT2D eigenvalue weighted by atomic mass is 9.98. The van der Waals surface area contributed by atoms with Crippen molar-refractivity contribution in [2.75, 3.05) is 33.4 Å². The van der Waals surface area contributed by atoms with Gasteiger partial charge in [0.2, 0.25) is 5.91 Å². The van der Waals surface area contributed by atoms with Crippen molar-refractivity contribution in [1.29, 1.82) is 0 Å². The largest absolute Gasteiger partial charge is 0.379 e. The minimum Gasteiger partial charge on any atom is -0.379 e. The van der Waals surface area contributed by atoms with Crippen LogP contribution in [0, 0.1) is 6.92 Å². The monoisotopic (exact) mass is 371 g/mol. The van der Waals surface area contributed by atoms with E-state index >= 15 is 0 Å².